The topological polar surface area (TPSA) is 12.0 Å². The molecule has 1 nitrogen and oxygen atoms in total. The Morgan fingerprint density at radius 3 is 2.29 bits per heavy atom. The van der Waals surface area contributed by atoms with Crippen molar-refractivity contribution in [2.75, 3.05) is 11.9 Å². The fourth-order valence-electron chi connectivity index (χ4n) is 1.51. The van der Waals surface area contributed by atoms with Crippen LogP contribution in [-0.2, 0) is 0 Å². The largest absolute Gasteiger partial charge is 0.384 e. The predicted molar refractivity (Wildman–Crippen MR) is 63.9 cm³/mol. The lowest BCUT2D eigenvalue weighted by atomic mass is 10.1. The van der Waals surface area contributed by atoms with E-state index in [1.165, 1.54) is 23.2 Å². The summed E-state index contributed by atoms with van der Waals surface area (Å²) in [5.74, 6) is 0.744. The molecule has 0 aromatic heterocycles. The molecule has 0 aliphatic carbocycles. The molecule has 1 unspecified atom stereocenters. The lowest BCUT2D eigenvalue weighted by Gasteiger charge is -2.15. The zero-order valence-electron chi connectivity index (χ0n) is 9.72. The molecular formula is C13H21N. The van der Waals surface area contributed by atoms with Gasteiger partial charge in [-0.1, -0.05) is 38.5 Å². The van der Waals surface area contributed by atoms with Crippen molar-refractivity contribution < 1.29 is 0 Å². The molecule has 1 aromatic carbocycles. The van der Waals surface area contributed by atoms with Crippen molar-refractivity contribution >= 4 is 5.69 Å². The van der Waals surface area contributed by atoms with Crippen molar-refractivity contribution in [3.63, 3.8) is 0 Å². The molecule has 0 fully saturated rings. The molecular weight excluding hydrogens is 170 g/mol. The van der Waals surface area contributed by atoms with Crippen LogP contribution < -0.4 is 5.32 Å². The zero-order chi connectivity index (χ0) is 10.6. The summed E-state index contributed by atoms with van der Waals surface area (Å²) in [6.07, 6.45) is 1.23. The van der Waals surface area contributed by atoms with E-state index in [2.05, 4.69) is 51.2 Å². The molecule has 0 bridgehead atoms. The maximum Gasteiger partial charge on any atom is 0.0399 e. The molecule has 0 saturated heterocycles. The average Bonchev–Trinajstić information content (AvgIpc) is 2.16. The van der Waals surface area contributed by atoms with Gasteiger partial charge in [-0.25, -0.2) is 0 Å². The predicted octanol–water partition coefficient (Wildman–Crippen LogP) is 3.76. The highest BCUT2D eigenvalue weighted by Gasteiger charge is 2.03. The van der Waals surface area contributed by atoms with Crippen molar-refractivity contribution in [3.05, 3.63) is 29.3 Å². The van der Waals surface area contributed by atoms with Crippen molar-refractivity contribution in [3.8, 4) is 0 Å². The van der Waals surface area contributed by atoms with Crippen LogP contribution in [0.15, 0.2) is 18.2 Å². The molecule has 0 spiro atoms. The van der Waals surface area contributed by atoms with Gasteiger partial charge in [-0.2, -0.15) is 0 Å². The number of hydrogen-bond donors (Lipinski definition) is 1. The van der Waals surface area contributed by atoms with E-state index in [9.17, 15) is 0 Å². The smallest absolute Gasteiger partial charge is 0.0399 e. The van der Waals surface area contributed by atoms with Crippen LogP contribution in [0.4, 0.5) is 5.69 Å². The number of aryl methyl sites for hydroxylation is 2. The quantitative estimate of drug-likeness (QED) is 0.764. The van der Waals surface area contributed by atoms with Crippen molar-refractivity contribution in [1.29, 1.82) is 0 Å². The molecule has 1 aromatic rings. The minimum Gasteiger partial charge on any atom is -0.384 e. The minimum absolute atomic E-state index is 0.744. The third kappa shape index (κ3) is 2.76. The van der Waals surface area contributed by atoms with Gasteiger partial charge in [0.15, 0.2) is 0 Å². The molecule has 0 saturated carbocycles. The summed E-state index contributed by atoms with van der Waals surface area (Å²) in [5, 5.41) is 3.53. The van der Waals surface area contributed by atoms with E-state index in [1.54, 1.807) is 0 Å². The second-order valence-corrected chi connectivity index (χ2v) is 4.16. The summed E-state index contributed by atoms with van der Waals surface area (Å²) in [4.78, 5) is 0. The van der Waals surface area contributed by atoms with Crippen LogP contribution in [0.1, 0.15) is 31.4 Å². The Morgan fingerprint density at radius 1 is 1.21 bits per heavy atom. The second-order valence-electron chi connectivity index (χ2n) is 4.16. The van der Waals surface area contributed by atoms with Crippen LogP contribution in [0.5, 0.6) is 0 Å². The maximum absolute atomic E-state index is 3.53. The van der Waals surface area contributed by atoms with Gasteiger partial charge in [-0.3, -0.25) is 0 Å². The molecule has 0 radical (unpaired) electrons. The Morgan fingerprint density at radius 2 is 1.79 bits per heavy atom. The molecule has 1 rings (SSSR count). The molecule has 1 atom stereocenters. The number of anilines is 1. The average molecular weight is 191 g/mol. The van der Waals surface area contributed by atoms with E-state index < -0.39 is 0 Å². The van der Waals surface area contributed by atoms with Gasteiger partial charge in [-0.15, -0.1) is 0 Å². The highest BCUT2D eigenvalue weighted by Crippen LogP contribution is 2.19. The molecule has 78 valence electrons. The van der Waals surface area contributed by atoms with Crippen LogP contribution in [0.25, 0.3) is 0 Å². The van der Waals surface area contributed by atoms with Gasteiger partial charge in [0.1, 0.15) is 0 Å². The summed E-state index contributed by atoms with van der Waals surface area (Å²) in [7, 11) is 0. The minimum atomic E-state index is 0.744. The first-order valence-corrected chi connectivity index (χ1v) is 5.45. The first-order chi connectivity index (χ1) is 6.65. The van der Waals surface area contributed by atoms with E-state index >= 15 is 0 Å². The van der Waals surface area contributed by atoms with Gasteiger partial charge >= 0.3 is 0 Å². The van der Waals surface area contributed by atoms with E-state index in [1.807, 2.05) is 0 Å². The summed E-state index contributed by atoms with van der Waals surface area (Å²) < 4.78 is 0. The molecule has 0 aliphatic rings. The van der Waals surface area contributed by atoms with Crippen LogP contribution in [0, 0.1) is 19.8 Å². The highest BCUT2D eigenvalue weighted by molar-refractivity contribution is 5.56. The Hall–Kier alpha value is -0.980. The van der Waals surface area contributed by atoms with E-state index in [0.717, 1.165) is 12.5 Å². The molecule has 0 heterocycles. The van der Waals surface area contributed by atoms with Gasteiger partial charge in [0.25, 0.3) is 0 Å². The maximum atomic E-state index is 3.53. The fourth-order valence-corrected chi connectivity index (χ4v) is 1.51. The number of rotatable bonds is 4. The van der Waals surface area contributed by atoms with Crippen LogP contribution in [-0.4, -0.2) is 6.54 Å². The standard InChI is InChI=1S/C13H21N/c1-5-10(2)9-14-13-11(3)7-6-8-12(13)4/h6-8,10,14H,5,9H2,1-4H3. The third-order valence-electron chi connectivity index (χ3n) is 2.81. The molecule has 14 heavy (non-hydrogen) atoms. The Labute approximate surface area is 87.5 Å². The van der Waals surface area contributed by atoms with E-state index in [4.69, 9.17) is 0 Å². The van der Waals surface area contributed by atoms with Crippen LogP contribution in [0.3, 0.4) is 0 Å². The van der Waals surface area contributed by atoms with Gasteiger partial charge in [0, 0.05) is 12.2 Å². The number of benzene rings is 1. The lowest BCUT2D eigenvalue weighted by molar-refractivity contribution is 0.593. The van der Waals surface area contributed by atoms with Gasteiger partial charge in [0.2, 0.25) is 0 Å². The van der Waals surface area contributed by atoms with Crippen molar-refractivity contribution in [2.45, 2.75) is 34.1 Å². The Balaban J connectivity index is 2.66. The summed E-state index contributed by atoms with van der Waals surface area (Å²) in [6, 6.07) is 6.43. The first kappa shape index (κ1) is 11.1. The van der Waals surface area contributed by atoms with Gasteiger partial charge in [0.05, 0.1) is 0 Å². The molecule has 1 heteroatoms. The second kappa shape index (κ2) is 5.04. The fraction of sp³-hybridized carbons (Fsp3) is 0.538. The van der Waals surface area contributed by atoms with Gasteiger partial charge < -0.3 is 5.32 Å². The number of para-hydroxylation sites is 1. The van der Waals surface area contributed by atoms with E-state index in [-0.39, 0.29) is 0 Å². The SMILES string of the molecule is CCC(C)CNc1c(C)cccc1C. The van der Waals surface area contributed by atoms with E-state index in [0.29, 0.717) is 0 Å². The first-order valence-electron chi connectivity index (χ1n) is 5.45. The summed E-state index contributed by atoms with van der Waals surface area (Å²) in [6.45, 7) is 9.90. The Kier molecular flexibility index (Phi) is 3.99. The van der Waals surface area contributed by atoms with Gasteiger partial charge in [-0.05, 0) is 30.9 Å². The Bertz CT molecular complexity index is 271. The molecule has 0 amide bonds. The molecule has 0 aliphatic heterocycles. The van der Waals surface area contributed by atoms with Crippen LogP contribution >= 0.6 is 0 Å². The third-order valence-corrected chi connectivity index (χ3v) is 2.81. The monoisotopic (exact) mass is 191 g/mol. The zero-order valence-corrected chi connectivity index (χ0v) is 9.72. The number of nitrogens with one attached hydrogen (secondary N) is 1. The van der Waals surface area contributed by atoms with Crippen molar-refractivity contribution in [2.24, 2.45) is 5.92 Å². The summed E-state index contributed by atoms with van der Waals surface area (Å²) >= 11 is 0. The normalized spacial score (nSPS) is 12.6. The number of hydrogen-bond acceptors (Lipinski definition) is 1. The highest BCUT2D eigenvalue weighted by atomic mass is 14.9. The molecule has 1 N–H and O–H groups in total. The van der Waals surface area contributed by atoms with Crippen molar-refractivity contribution in [1.82, 2.24) is 0 Å². The summed E-state index contributed by atoms with van der Waals surface area (Å²) in [5.41, 5.74) is 3.99. The van der Waals surface area contributed by atoms with Crippen LogP contribution in [0.2, 0.25) is 0 Å². The lowest BCUT2D eigenvalue weighted by Crippen LogP contribution is -2.11.